The highest BCUT2D eigenvalue weighted by atomic mass is 16.5. The van der Waals surface area contributed by atoms with Crippen molar-refractivity contribution in [2.45, 2.75) is 39.7 Å². The van der Waals surface area contributed by atoms with Gasteiger partial charge >= 0.3 is 0 Å². The normalized spacial score (nSPS) is 12.5. The Morgan fingerprint density at radius 1 is 0.905 bits per heavy atom. The molecule has 2 rings (SSSR count). The first-order chi connectivity index (χ1) is 9.95. The summed E-state index contributed by atoms with van der Waals surface area (Å²) in [5, 5.41) is 0. The summed E-state index contributed by atoms with van der Waals surface area (Å²) >= 11 is 0. The maximum Gasteiger partial charge on any atom is 0.127 e. The van der Waals surface area contributed by atoms with Crippen LogP contribution < -0.4 is 10.5 Å². The molecule has 0 saturated carbocycles. The molecule has 0 aliphatic rings. The van der Waals surface area contributed by atoms with Crippen molar-refractivity contribution in [3.05, 3.63) is 64.2 Å². The van der Waals surface area contributed by atoms with Crippen LogP contribution in [0.5, 0.6) is 5.75 Å². The molecule has 0 aliphatic carbocycles. The van der Waals surface area contributed by atoms with Gasteiger partial charge in [0.1, 0.15) is 5.75 Å². The van der Waals surface area contributed by atoms with Crippen LogP contribution in [0.25, 0.3) is 0 Å². The molecule has 0 spiro atoms. The number of ether oxygens (including phenoxy) is 1. The minimum atomic E-state index is -0.166. The highest BCUT2D eigenvalue weighted by molar-refractivity contribution is 5.49. The standard InChI is InChI=1S/C19H25NO/c1-12(2)15-7-9-16(10-8-15)18(20)17-11-6-13(3)14(4)19(17)21-5/h6-12,18H,20H2,1-5H3. The van der Waals surface area contributed by atoms with Gasteiger partial charge in [-0.05, 0) is 42.0 Å². The molecule has 2 aromatic carbocycles. The van der Waals surface area contributed by atoms with E-state index in [-0.39, 0.29) is 6.04 Å². The lowest BCUT2D eigenvalue weighted by Crippen LogP contribution is -2.14. The van der Waals surface area contributed by atoms with Crippen LogP contribution in [0.2, 0.25) is 0 Å². The number of aryl methyl sites for hydroxylation is 1. The molecule has 2 nitrogen and oxygen atoms in total. The molecule has 0 heterocycles. The lowest BCUT2D eigenvalue weighted by molar-refractivity contribution is 0.404. The van der Waals surface area contributed by atoms with Crippen molar-refractivity contribution in [3.8, 4) is 5.75 Å². The summed E-state index contributed by atoms with van der Waals surface area (Å²) in [4.78, 5) is 0. The molecule has 21 heavy (non-hydrogen) atoms. The third kappa shape index (κ3) is 3.11. The average Bonchev–Trinajstić information content (AvgIpc) is 2.49. The third-order valence-electron chi connectivity index (χ3n) is 4.21. The van der Waals surface area contributed by atoms with Gasteiger partial charge in [-0.25, -0.2) is 0 Å². The monoisotopic (exact) mass is 283 g/mol. The molecule has 0 aliphatic heterocycles. The van der Waals surface area contributed by atoms with Crippen LogP contribution in [0, 0.1) is 13.8 Å². The molecule has 1 unspecified atom stereocenters. The molecule has 2 aromatic rings. The Hall–Kier alpha value is -1.80. The van der Waals surface area contributed by atoms with Gasteiger partial charge in [0.2, 0.25) is 0 Å². The van der Waals surface area contributed by atoms with E-state index >= 15 is 0 Å². The Bertz CT molecular complexity index is 614. The summed E-state index contributed by atoms with van der Waals surface area (Å²) < 4.78 is 5.58. The Morgan fingerprint density at radius 2 is 1.48 bits per heavy atom. The minimum Gasteiger partial charge on any atom is -0.496 e. The van der Waals surface area contributed by atoms with Crippen molar-refractivity contribution >= 4 is 0 Å². The fourth-order valence-electron chi connectivity index (χ4n) is 2.59. The molecule has 112 valence electrons. The van der Waals surface area contributed by atoms with Crippen LogP contribution in [0.15, 0.2) is 36.4 Å². The van der Waals surface area contributed by atoms with Crippen molar-refractivity contribution in [1.82, 2.24) is 0 Å². The first kappa shape index (κ1) is 15.6. The average molecular weight is 283 g/mol. The van der Waals surface area contributed by atoms with Gasteiger partial charge in [-0.3, -0.25) is 0 Å². The molecule has 2 heteroatoms. The number of methoxy groups -OCH3 is 1. The van der Waals surface area contributed by atoms with Crippen LogP contribution in [0.1, 0.15) is 53.6 Å². The third-order valence-corrected chi connectivity index (χ3v) is 4.21. The molecule has 0 aromatic heterocycles. The van der Waals surface area contributed by atoms with Crippen molar-refractivity contribution in [3.63, 3.8) is 0 Å². The summed E-state index contributed by atoms with van der Waals surface area (Å²) in [6.45, 7) is 8.55. The summed E-state index contributed by atoms with van der Waals surface area (Å²) in [6.07, 6.45) is 0. The Labute approximate surface area is 127 Å². The summed E-state index contributed by atoms with van der Waals surface area (Å²) in [5.41, 5.74) is 12.3. The fraction of sp³-hybridized carbons (Fsp3) is 0.368. The summed E-state index contributed by atoms with van der Waals surface area (Å²) in [5.74, 6) is 1.43. The second-order valence-corrected chi connectivity index (χ2v) is 5.93. The van der Waals surface area contributed by atoms with E-state index in [0.717, 1.165) is 22.4 Å². The van der Waals surface area contributed by atoms with Gasteiger partial charge < -0.3 is 10.5 Å². The van der Waals surface area contributed by atoms with Crippen LogP contribution >= 0.6 is 0 Å². The number of nitrogens with two attached hydrogens (primary N) is 1. The summed E-state index contributed by atoms with van der Waals surface area (Å²) in [7, 11) is 1.71. The number of rotatable bonds is 4. The van der Waals surface area contributed by atoms with E-state index < -0.39 is 0 Å². The van der Waals surface area contributed by atoms with Gasteiger partial charge in [-0.2, -0.15) is 0 Å². The highest BCUT2D eigenvalue weighted by Crippen LogP contribution is 2.33. The zero-order chi connectivity index (χ0) is 15.6. The maximum absolute atomic E-state index is 6.46. The minimum absolute atomic E-state index is 0.166. The second-order valence-electron chi connectivity index (χ2n) is 5.93. The van der Waals surface area contributed by atoms with Gasteiger partial charge in [0.05, 0.1) is 13.2 Å². The van der Waals surface area contributed by atoms with Crippen LogP contribution in [0.3, 0.4) is 0 Å². The number of benzene rings is 2. The lowest BCUT2D eigenvalue weighted by Gasteiger charge is -2.19. The van der Waals surface area contributed by atoms with Crippen molar-refractivity contribution in [2.75, 3.05) is 7.11 Å². The second kappa shape index (κ2) is 6.31. The van der Waals surface area contributed by atoms with Gasteiger partial charge in [-0.15, -0.1) is 0 Å². The number of hydrogen-bond donors (Lipinski definition) is 1. The molecule has 1 atom stereocenters. The van der Waals surface area contributed by atoms with E-state index in [1.807, 2.05) is 0 Å². The van der Waals surface area contributed by atoms with Crippen LogP contribution in [-0.4, -0.2) is 7.11 Å². The zero-order valence-corrected chi connectivity index (χ0v) is 13.6. The molecule has 0 amide bonds. The highest BCUT2D eigenvalue weighted by Gasteiger charge is 2.16. The van der Waals surface area contributed by atoms with E-state index in [4.69, 9.17) is 10.5 Å². The Kier molecular flexibility index (Phi) is 4.69. The predicted octanol–water partition coefficient (Wildman–Crippen LogP) is 4.48. The number of hydrogen-bond acceptors (Lipinski definition) is 2. The van der Waals surface area contributed by atoms with E-state index in [9.17, 15) is 0 Å². The summed E-state index contributed by atoms with van der Waals surface area (Å²) in [6, 6.07) is 12.6. The van der Waals surface area contributed by atoms with Crippen LogP contribution in [0.4, 0.5) is 0 Å². The molecular weight excluding hydrogens is 258 g/mol. The zero-order valence-electron chi connectivity index (χ0n) is 13.6. The predicted molar refractivity (Wildman–Crippen MR) is 89.0 cm³/mol. The van der Waals surface area contributed by atoms with Gasteiger partial charge in [0, 0.05) is 5.56 Å². The molecule has 2 N–H and O–H groups in total. The first-order valence-electron chi connectivity index (χ1n) is 7.45. The van der Waals surface area contributed by atoms with E-state index in [1.54, 1.807) is 7.11 Å². The topological polar surface area (TPSA) is 35.2 Å². The first-order valence-corrected chi connectivity index (χ1v) is 7.45. The Morgan fingerprint density at radius 3 is 2.00 bits per heavy atom. The lowest BCUT2D eigenvalue weighted by atomic mass is 9.93. The molecular formula is C19H25NO. The molecule has 0 saturated heterocycles. The van der Waals surface area contributed by atoms with Gasteiger partial charge in [-0.1, -0.05) is 50.2 Å². The maximum atomic E-state index is 6.46. The van der Waals surface area contributed by atoms with Crippen molar-refractivity contribution < 1.29 is 4.74 Å². The van der Waals surface area contributed by atoms with Gasteiger partial charge in [0.15, 0.2) is 0 Å². The van der Waals surface area contributed by atoms with E-state index in [2.05, 4.69) is 64.1 Å². The van der Waals surface area contributed by atoms with Gasteiger partial charge in [0.25, 0.3) is 0 Å². The van der Waals surface area contributed by atoms with E-state index in [0.29, 0.717) is 5.92 Å². The Balaban J connectivity index is 2.40. The molecule has 0 radical (unpaired) electrons. The van der Waals surface area contributed by atoms with Crippen LogP contribution in [-0.2, 0) is 0 Å². The van der Waals surface area contributed by atoms with Crippen molar-refractivity contribution in [1.29, 1.82) is 0 Å². The molecule has 0 bridgehead atoms. The van der Waals surface area contributed by atoms with E-state index in [1.165, 1.54) is 11.1 Å². The SMILES string of the molecule is COc1c(C(N)c2ccc(C(C)C)cc2)ccc(C)c1C. The quantitative estimate of drug-likeness (QED) is 0.897. The largest absolute Gasteiger partial charge is 0.496 e. The molecule has 0 fully saturated rings. The fourth-order valence-corrected chi connectivity index (χ4v) is 2.59. The van der Waals surface area contributed by atoms with Crippen molar-refractivity contribution in [2.24, 2.45) is 5.73 Å². The smallest absolute Gasteiger partial charge is 0.127 e.